The summed E-state index contributed by atoms with van der Waals surface area (Å²) >= 11 is 3.56. The van der Waals surface area contributed by atoms with Crippen LogP contribution in [0.25, 0.3) is 0 Å². The van der Waals surface area contributed by atoms with Crippen molar-refractivity contribution in [3.63, 3.8) is 0 Å². The summed E-state index contributed by atoms with van der Waals surface area (Å²) in [5.41, 5.74) is 2.28. The number of ether oxygens (including phenoxy) is 1. The minimum atomic E-state index is -0.133. The van der Waals surface area contributed by atoms with Crippen molar-refractivity contribution in [2.45, 2.75) is 30.7 Å². The topological polar surface area (TPSA) is 26.3 Å². The lowest BCUT2D eigenvalue weighted by Gasteiger charge is -2.27. The summed E-state index contributed by atoms with van der Waals surface area (Å²) in [7, 11) is 0. The minimum Gasteiger partial charge on any atom is -0.456 e. The fourth-order valence-electron chi connectivity index (χ4n) is 1.71. The normalized spacial score (nSPS) is 26.1. The number of esters is 1. The van der Waals surface area contributed by atoms with Crippen LogP contribution in [0.1, 0.15) is 30.1 Å². The lowest BCUT2D eigenvalue weighted by Crippen LogP contribution is -2.26. The molecule has 0 N–H and O–H groups in total. The maximum Gasteiger partial charge on any atom is 0.306 e. The number of benzene rings is 1. The molecule has 1 aliphatic rings. The number of aryl methyl sites for hydroxylation is 1. The van der Waals surface area contributed by atoms with E-state index >= 15 is 0 Å². The van der Waals surface area contributed by atoms with Crippen molar-refractivity contribution >= 4 is 21.9 Å². The summed E-state index contributed by atoms with van der Waals surface area (Å²) in [5.74, 6) is -0.101. The summed E-state index contributed by atoms with van der Waals surface area (Å²) in [6, 6.07) is 8.12. The second kappa shape index (κ2) is 4.35. The number of halogens is 1. The van der Waals surface area contributed by atoms with Gasteiger partial charge in [0.25, 0.3) is 0 Å². The van der Waals surface area contributed by atoms with E-state index in [-0.39, 0.29) is 16.9 Å². The Kier molecular flexibility index (Phi) is 3.10. The number of alkyl halides is 1. The van der Waals surface area contributed by atoms with Gasteiger partial charge in [-0.15, -0.1) is 0 Å². The van der Waals surface area contributed by atoms with Gasteiger partial charge in [-0.2, -0.15) is 0 Å². The van der Waals surface area contributed by atoms with Gasteiger partial charge in [0, 0.05) is 6.42 Å². The second-order valence-electron chi connectivity index (χ2n) is 3.88. The highest BCUT2D eigenvalue weighted by atomic mass is 79.9. The first-order valence-corrected chi connectivity index (χ1v) is 5.98. The molecular formula is C12H13BrO2. The molecule has 80 valence electrons. The Balaban J connectivity index is 2.21. The Morgan fingerprint density at radius 2 is 2.00 bits per heavy atom. The molecule has 2 nitrogen and oxygen atoms in total. The van der Waals surface area contributed by atoms with E-state index < -0.39 is 0 Å². The average molecular weight is 269 g/mol. The SMILES string of the molecule is Cc1ccc([C@H]2OC(=O)CC[C@@H]2Br)cc1. The summed E-state index contributed by atoms with van der Waals surface area (Å²) in [6.07, 6.45) is 1.22. The Bertz CT molecular complexity index is 358. The molecule has 1 aromatic carbocycles. The second-order valence-corrected chi connectivity index (χ2v) is 5.05. The number of carbonyl (C=O) groups excluding carboxylic acids is 1. The average Bonchev–Trinajstić information content (AvgIpc) is 2.23. The molecule has 0 bridgehead atoms. The smallest absolute Gasteiger partial charge is 0.306 e. The van der Waals surface area contributed by atoms with E-state index in [1.807, 2.05) is 31.2 Å². The van der Waals surface area contributed by atoms with Crippen LogP contribution in [0.15, 0.2) is 24.3 Å². The fourth-order valence-corrected chi connectivity index (χ4v) is 2.36. The van der Waals surface area contributed by atoms with Crippen LogP contribution >= 0.6 is 15.9 Å². The van der Waals surface area contributed by atoms with Crippen molar-refractivity contribution in [2.75, 3.05) is 0 Å². The van der Waals surface area contributed by atoms with Crippen LogP contribution in [0.4, 0.5) is 0 Å². The molecule has 3 heteroatoms. The first-order chi connectivity index (χ1) is 7.16. The van der Waals surface area contributed by atoms with Crippen LogP contribution in [-0.4, -0.2) is 10.8 Å². The summed E-state index contributed by atoms with van der Waals surface area (Å²) in [6.45, 7) is 2.04. The van der Waals surface area contributed by atoms with Gasteiger partial charge in [-0.1, -0.05) is 45.8 Å². The Morgan fingerprint density at radius 1 is 1.33 bits per heavy atom. The van der Waals surface area contributed by atoms with Gasteiger partial charge in [0.2, 0.25) is 0 Å². The zero-order valence-electron chi connectivity index (χ0n) is 8.57. The van der Waals surface area contributed by atoms with E-state index in [1.54, 1.807) is 0 Å². The summed E-state index contributed by atoms with van der Waals surface area (Å²) in [4.78, 5) is 11.5. The van der Waals surface area contributed by atoms with Gasteiger partial charge < -0.3 is 4.74 Å². The van der Waals surface area contributed by atoms with Gasteiger partial charge in [-0.05, 0) is 18.9 Å². The molecular weight excluding hydrogens is 256 g/mol. The molecule has 0 amide bonds. The first kappa shape index (κ1) is 10.7. The van der Waals surface area contributed by atoms with Crippen LogP contribution in [0.5, 0.6) is 0 Å². The largest absolute Gasteiger partial charge is 0.456 e. The molecule has 0 aliphatic carbocycles. The molecule has 2 rings (SSSR count). The third-order valence-electron chi connectivity index (χ3n) is 2.62. The van der Waals surface area contributed by atoms with Gasteiger partial charge in [0.05, 0.1) is 4.83 Å². The van der Waals surface area contributed by atoms with Crippen LogP contribution in [0.2, 0.25) is 0 Å². The highest BCUT2D eigenvalue weighted by Gasteiger charge is 2.29. The maximum atomic E-state index is 11.2. The summed E-state index contributed by atoms with van der Waals surface area (Å²) in [5, 5.41) is 0. The van der Waals surface area contributed by atoms with Crippen molar-refractivity contribution in [3.05, 3.63) is 35.4 Å². The third-order valence-corrected chi connectivity index (χ3v) is 3.56. The van der Waals surface area contributed by atoms with E-state index in [4.69, 9.17) is 4.74 Å². The number of hydrogen-bond donors (Lipinski definition) is 0. The van der Waals surface area contributed by atoms with Crippen LogP contribution in [0, 0.1) is 6.92 Å². The van der Waals surface area contributed by atoms with Gasteiger partial charge in [-0.3, -0.25) is 4.79 Å². The van der Waals surface area contributed by atoms with Crippen molar-refractivity contribution in [1.82, 2.24) is 0 Å². The zero-order chi connectivity index (χ0) is 10.8. The highest BCUT2D eigenvalue weighted by Crippen LogP contribution is 2.33. The minimum absolute atomic E-state index is 0.101. The summed E-state index contributed by atoms with van der Waals surface area (Å²) < 4.78 is 5.34. The Labute approximate surface area is 97.8 Å². The zero-order valence-corrected chi connectivity index (χ0v) is 10.2. The highest BCUT2D eigenvalue weighted by molar-refractivity contribution is 9.09. The monoisotopic (exact) mass is 268 g/mol. The molecule has 0 aromatic heterocycles. The number of cyclic esters (lactones) is 1. The fraction of sp³-hybridized carbons (Fsp3) is 0.417. The van der Waals surface area contributed by atoms with E-state index in [0.717, 1.165) is 12.0 Å². The van der Waals surface area contributed by atoms with Gasteiger partial charge in [0.15, 0.2) is 0 Å². The Morgan fingerprint density at radius 3 is 2.67 bits per heavy atom. The standard InChI is InChI=1S/C12H13BrO2/c1-8-2-4-9(5-3-8)12-10(13)6-7-11(14)15-12/h2-5,10,12H,6-7H2,1H3/t10-,12+/m0/s1. The van der Waals surface area contributed by atoms with Crippen LogP contribution in [-0.2, 0) is 9.53 Å². The van der Waals surface area contributed by atoms with E-state index in [9.17, 15) is 4.79 Å². The lowest BCUT2D eigenvalue weighted by molar-refractivity contribution is -0.153. The van der Waals surface area contributed by atoms with E-state index in [1.165, 1.54) is 5.56 Å². The molecule has 0 unspecified atom stereocenters. The molecule has 15 heavy (non-hydrogen) atoms. The predicted molar refractivity (Wildman–Crippen MR) is 62.0 cm³/mol. The van der Waals surface area contributed by atoms with Gasteiger partial charge in [-0.25, -0.2) is 0 Å². The molecule has 1 aliphatic heterocycles. The van der Waals surface area contributed by atoms with Crippen molar-refractivity contribution in [2.24, 2.45) is 0 Å². The molecule has 1 aromatic rings. The quantitative estimate of drug-likeness (QED) is 0.578. The van der Waals surface area contributed by atoms with Crippen LogP contribution in [0.3, 0.4) is 0 Å². The number of rotatable bonds is 1. The molecule has 0 saturated carbocycles. The van der Waals surface area contributed by atoms with Crippen molar-refractivity contribution in [1.29, 1.82) is 0 Å². The third kappa shape index (κ3) is 2.40. The van der Waals surface area contributed by atoms with Crippen molar-refractivity contribution < 1.29 is 9.53 Å². The van der Waals surface area contributed by atoms with Gasteiger partial charge in [0.1, 0.15) is 6.10 Å². The van der Waals surface area contributed by atoms with Crippen LogP contribution < -0.4 is 0 Å². The molecule has 1 fully saturated rings. The van der Waals surface area contributed by atoms with Crippen molar-refractivity contribution in [3.8, 4) is 0 Å². The maximum absolute atomic E-state index is 11.2. The number of hydrogen-bond acceptors (Lipinski definition) is 2. The van der Waals surface area contributed by atoms with Gasteiger partial charge >= 0.3 is 5.97 Å². The molecule has 1 saturated heterocycles. The molecule has 1 heterocycles. The first-order valence-electron chi connectivity index (χ1n) is 5.07. The van der Waals surface area contributed by atoms with E-state index in [2.05, 4.69) is 15.9 Å². The Hall–Kier alpha value is -0.830. The predicted octanol–water partition coefficient (Wildman–Crippen LogP) is 3.14. The molecule has 2 atom stereocenters. The number of carbonyl (C=O) groups is 1. The van der Waals surface area contributed by atoms with E-state index in [0.29, 0.717) is 6.42 Å². The lowest BCUT2D eigenvalue weighted by atomic mass is 10.0. The molecule has 0 radical (unpaired) electrons. The molecule has 0 spiro atoms.